The molecule has 160 valence electrons. The lowest BCUT2D eigenvalue weighted by atomic mass is 10.2. The van der Waals surface area contributed by atoms with Crippen LogP contribution in [-0.2, 0) is 11.3 Å². The molecule has 8 heteroatoms. The summed E-state index contributed by atoms with van der Waals surface area (Å²) in [5, 5.41) is 9.11. The molecule has 0 radical (unpaired) electrons. The molecule has 0 aliphatic carbocycles. The van der Waals surface area contributed by atoms with E-state index in [-0.39, 0.29) is 24.0 Å². The molecular formula is C20H35IN4O3. The van der Waals surface area contributed by atoms with Gasteiger partial charge < -0.3 is 25.4 Å². The maximum atomic E-state index is 11.6. The molecule has 0 spiro atoms. The van der Waals surface area contributed by atoms with E-state index in [1.165, 1.54) is 0 Å². The Kier molecular flexibility index (Phi) is 12.6. The van der Waals surface area contributed by atoms with Crippen molar-refractivity contribution in [1.82, 2.24) is 16.0 Å². The maximum absolute atomic E-state index is 11.6. The molecule has 0 aliphatic heterocycles. The first-order valence-electron chi connectivity index (χ1n) is 9.33. The van der Waals surface area contributed by atoms with Crippen LogP contribution in [0.15, 0.2) is 29.3 Å². The Bertz CT molecular complexity index is 616. The van der Waals surface area contributed by atoms with Crippen LogP contribution < -0.4 is 20.7 Å². The van der Waals surface area contributed by atoms with Crippen LogP contribution in [-0.4, -0.2) is 44.4 Å². The zero-order valence-corrected chi connectivity index (χ0v) is 20.1. The van der Waals surface area contributed by atoms with Crippen molar-refractivity contribution in [2.45, 2.75) is 46.8 Å². The number of amides is 1. The van der Waals surface area contributed by atoms with E-state index in [0.29, 0.717) is 38.1 Å². The molecule has 0 saturated heterocycles. The molecule has 0 saturated carbocycles. The number of hydrogen-bond acceptors (Lipinski definition) is 4. The predicted molar refractivity (Wildman–Crippen MR) is 125 cm³/mol. The van der Waals surface area contributed by atoms with Crippen LogP contribution in [0.25, 0.3) is 0 Å². The molecule has 28 heavy (non-hydrogen) atoms. The number of nitrogens with zero attached hydrogens (tertiary/aromatic N) is 1. The topological polar surface area (TPSA) is 84.0 Å². The molecule has 1 aromatic carbocycles. The highest BCUT2D eigenvalue weighted by molar-refractivity contribution is 14.0. The van der Waals surface area contributed by atoms with E-state index in [9.17, 15) is 4.79 Å². The van der Waals surface area contributed by atoms with Gasteiger partial charge >= 0.3 is 6.09 Å². The monoisotopic (exact) mass is 506 g/mol. The number of rotatable bonds is 8. The molecular weight excluding hydrogens is 471 g/mol. The third-order valence-electron chi connectivity index (χ3n) is 3.30. The van der Waals surface area contributed by atoms with Gasteiger partial charge in [0.2, 0.25) is 0 Å². The number of halogens is 1. The highest BCUT2D eigenvalue weighted by Gasteiger charge is 2.15. The second kappa shape index (κ2) is 13.5. The number of nitrogens with one attached hydrogen (secondary N) is 3. The number of benzene rings is 1. The van der Waals surface area contributed by atoms with Gasteiger partial charge in [-0.1, -0.05) is 32.0 Å². The molecule has 0 unspecified atom stereocenters. The summed E-state index contributed by atoms with van der Waals surface area (Å²) in [5.41, 5.74) is 0.563. The van der Waals surface area contributed by atoms with E-state index < -0.39 is 11.7 Å². The quantitative estimate of drug-likeness (QED) is 0.218. The third-order valence-corrected chi connectivity index (χ3v) is 3.30. The Balaban J connectivity index is 0.00000729. The summed E-state index contributed by atoms with van der Waals surface area (Å²) in [7, 11) is 1.71. The Labute approximate surface area is 186 Å². The van der Waals surface area contributed by atoms with Crippen LogP contribution in [0.1, 0.15) is 40.2 Å². The van der Waals surface area contributed by atoms with E-state index >= 15 is 0 Å². The normalized spacial score (nSPS) is 11.5. The van der Waals surface area contributed by atoms with Gasteiger partial charge in [0.05, 0.1) is 6.61 Å². The van der Waals surface area contributed by atoms with Gasteiger partial charge in [0.1, 0.15) is 11.4 Å². The minimum atomic E-state index is -0.500. The summed E-state index contributed by atoms with van der Waals surface area (Å²) in [6.07, 6.45) is -0.427. The summed E-state index contributed by atoms with van der Waals surface area (Å²) in [6, 6.07) is 7.95. The van der Waals surface area contributed by atoms with Gasteiger partial charge in [0.25, 0.3) is 0 Å². The zero-order valence-electron chi connectivity index (χ0n) is 17.8. The molecule has 0 fully saturated rings. The molecule has 7 nitrogen and oxygen atoms in total. The first-order chi connectivity index (χ1) is 12.7. The largest absolute Gasteiger partial charge is 0.493 e. The molecule has 0 aliphatic rings. The third kappa shape index (κ3) is 11.9. The van der Waals surface area contributed by atoms with Gasteiger partial charge in [-0.25, -0.2) is 4.79 Å². The number of aliphatic imine (C=N–C) groups is 1. The second-order valence-corrected chi connectivity index (χ2v) is 7.59. The van der Waals surface area contributed by atoms with Crippen molar-refractivity contribution in [3.05, 3.63) is 29.8 Å². The molecule has 1 rings (SSSR count). The summed E-state index contributed by atoms with van der Waals surface area (Å²) in [4.78, 5) is 15.8. The van der Waals surface area contributed by atoms with E-state index in [4.69, 9.17) is 9.47 Å². The predicted octanol–water partition coefficient (Wildman–Crippen LogP) is 3.53. The van der Waals surface area contributed by atoms with E-state index in [0.717, 1.165) is 11.3 Å². The standard InChI is InChI=1S/C20H34N4O3.HI/c1-15(2)14-26-17-10-8-7-9-16(17)13-24-18(21-6)22-11-12-23-19(25)27-20(3,4)5;/h7-10,15H,11-14H2,1-6H3,(H,23,25)(H2,21,22,24);1H. The highest BCUT2D eigenvalue weighted by Crippen LogP contribution is 2.18. The lowest BCUT2D eigenvalue weighted by Crippen LogP contribution is -2.42. The SMILES string of the molecule is CN=C(NCCNC(=O)OC(C)(C)C)NCc1ccccc1OCC(C)C.I. The first kappa shape index (κ1) is 26.3. The van der Waals surface area contributed by atoms with Gasteiger partial charge in [-0.15, -0.1) is 24.0 Å². The van der Waals surface area contributed by atoms with Gasteiger partial charge in [0, 0.05) is 32.2 Å². The van der Waals surface area contributed by atoms with Gasteiger partial charge in [-0.2, -0.15) is 0 Å². The molecule has 3 N–H and O–H groups in total. The van der Waals surface area contributed by atoms with Crippen molar-refractivity contribution < 1.29 is 14.3 Å². The molecule has 1 amide bonds. The molecule has 0 heterocycles. The number of ether oxygens (including phenoxy) is 2. The van der Waals surface area contributed by atoms with Crippen LogP contribution in [0.2, 0.25) is 0 Å². The Hall–Kier alpha value is -1.71. The molecule has 0 bridgehead atoms. The lowest BCUT2D eigenvalue weighted by molar-refractivity contribution is 0.0529. The smallest absolute Gasteiger partial charge is 0.407 e. The highest BCUT2D eigenvalue weighted by atomic mass is 127. The van der Waals surface area contributed by atoms with Crippen molar-refractivity contribution in [2.24, 2.45) is 10.9 Å². The number of carbonyl (C=O) groups excluding carboxylic acids is 1. The minimum Gasteiger partial charge on any atom is -0.493 e. The molecule has 0 atom stereocenters. The van der Waals surface area contributed by atoms with Crippen molar-refractivity contribution in [1.29, 1.82) is 0 Å². The van der Waals surface area contributed by atoms with Crippen molar-refractivity contribution >= 4 is 36.0 Å². The van der Waals surface area contributed by atoms with Crippen LogP contribution in [0, 0.1) is 5.92 Å². The Morgan fingerprint density at radius 2 is 1.75 bits per heavy atom. The van der Waals surface area contributed by atoms with Crippen LogP contribution in [0.3, 0.4) is 0 Å². The van der Waals surface area contributed by atoms with Gasteiger partial charge in [0.15, 0.2) is 5.96 Å². The summed E-state index contributed by atoms with van der Waals surface area (Å²) in [5.74, 6) is 2.00. The lowest BCUT2D eigenvalue weighted by Gasteiger charge is -2.20. The number of guanidine groups is 1. The Morgan fingerprint density at radius 1 is 1.11 bits per heavy atom. The zero-order chi connectivity index (χ0) is 20.3. The first-order valence-corrected chi connectivity index (χ1v) is 9.33. The number of carbonyl (C=O) groups is 1. The summed E-state index contributed by atoms with van der Waals surface area (Å²) < 4.78 is 11.1. The van der Waals surface area contributed by atoms with Gasteiger partial charge in [-0.3, -0.25) is 4.99 Å². The van der Waals surface area contributed by atoms with E-state index in [2.05, 4.69) is 34.8 Å². The second-order valence-electron chi connectivity index (χ2n) is 7.59. The fourth-order valence-corrected chi connectivity index (χ4v) is 2.11. The molecule has 1 aromatic rings. The Morgan fingerprint density at radius 3 is 2.36 bits per heavy atom. The van der Waals surface area contributed by atoms with E-state index in [1.807, 2.05) is 45.0 Å². The van der Waals surface area contributed by atoms with Gasteiger partial charge in [-0.05, 0) is 32.8 Å². The fraction of sp³-hybridized carbons (Fsp3) is 0.600. The van der Waals surface area contributed by atoms with Crippen molar-refractivity contribution in [3.8, 4) is 5.75 Å². The average molecular weight is 506 g/mol. The van der Waals surface area contributed by atoms with Crippen LogP contribution in [0.4, 0.5) is 4.79 Å². The number of hydrogen-bond donors (Lipinski definition) is 3. The minimum absolute atomic E-state index is 0. The van der Waals surface area contributed by atoms with Crippen LogP contribution in [0.5, 0.6) is 5.75 Å². The van der Waals surface area contributed by atoms with Crippen molar-refractivity contribution in [3.63, 3.8) is 0 Å². The fourth-order valence-electron chi connectivity index (χ4n) is 2.11. The average Bonchev–Trinajstić information content (AvgIpc) is 2.58. The number of alkyl carbamates (subject to hydrolysis) is 1. The summed E-state index contributed by atoms with van der Waals surface area (Å²) >= 11 is 0. The summed E-state index contributed by atoms with van der Waals surface area (Å²) in [6.45, 7) is 12.0. The van der Waals surface area contributed by atoms with Crippen molar-refractivity contribution in [2.75, 3.05) is 26.7 Å². The van der Waals surface area contributed by atoms with Crippen LogP contribution >= 0.6 is 24.0 Å². The molecule has 0 aromatic heterocycles. The number of para-hydroxylation sites is 1. The van der Waals surface area contributed by atoms with E-state index in [1.54, 1.807) is 7.05 Å². The maximum Gasteiger partial charge on any atom is 0.407 e.